The van der Waals surface area contributed by atoms with Crippen LogP contribution in [-0.2, 0) is 0 Å². The van der Waals surface area contributed by atoms with E-state index in [1.54, 1.807) is 6.20 Å². The Balaban J connectivity index is 2.79. The van der Waals surface area contributed by atoms with Gasteiger partial charge in [0, 0.05) is 23.3 Å². The molecule has 0 bridgehead atoms. The second kappa shape index (κ2) is 2.14. The molecule has 0 atom stereocenters. The molecule has 2 aromatic rings. The number of nitrogens with zero attached hydrogens (tertiary/aromatic N) is 1. The molecule has 0 unspecified atom stereocenters. The summed E-state index contributed by atoms with van der Waals surface area (Å²) in [6.07, 6.45) is 10.3. The number of aromatic nitrogens is 2. The zero-order valence-corrected chi connectivity index (χ0v) is 5.76. The lowest BCUT2D eigenvalue weighted by molar-refractivity contribution is 1.32. The molecule has 2 nitrogen and oxygen atoms in total. The van der Waals surface area contributed by atoms with Crippen LogP contribution in [-0.4, -0.2) is 9.97 Å². The monoisotopic (exact) mass is 141 g/mol. The molecule has 2 heterocycles. The molecule has 0 aliphatic heterocycles. The summed E-state index contributed by atoms with van der Waals surface area (Å²) in [5.74, 6) is 2.28. The second-order valence-corrected chi connectivity index (χ2v) is 2.26. The molecular weight excluding hydrogens is 136 g/mol. The molecule has 2 heteroatoms. The van der Waals surface area contributed by atoms with Crippen LogP contribution < -0.4 is 0 Å². The number of rotatable bonds is 0. The average molecular weight is 141 g/mol. The summed E-state index contributed by atoms with van der Waals surface area (Å²) in [7, 11) is 0. The van der Waals surface area contributed by atoms with Crippen LogP contribution >= 0.6 is 0 Å². The van der Waals surface area contributed by atoms with Gasteiger partial charge in [-0.1, -0.05) is 5.92 Å². The van der Waals surface area contributed by atoms with Gasteiger partial charge in [-0.05, 0) is 18.6 Å². The van der Waals surface area contributed by atoms with Gasteiger partial charge in [-0.15, -0.1) is 0 Å². The van der Waals surface area contributed by atoms with Crippen molar-refractivity contribution in [3.8, 4) is 5.92 Å². The molecule has 0 aliphatic carbocycles. The Bertz CT molecular complexity index is 420. The Morgan fingerprint density at radius 1 is 1.55 bits per heavy atom. The van der Waals surface area contributed by atoms with Crippen LogP contribution in [0.1, 0.15) is 5.56 Å². The van der Waals surface area contributed by atoms with E-state index in [1.807, 2.05) is 18.3 Å². The lowest BCUT2D eigenvalue weighted by atomic mass is 10.2. The minimum absolute atomic E-state index is 0.706. The summed E-state index contributed by atoms with van der Waals surface area (Å²) in [6.45, 7) is 0. The maximum atomic E-state index is 6.87. The molecule has 0 aliphatic rings. The van der Waals surface area contributed by atoms with E-state index in [0.29, 0.717) is 5.56 Å². The fraction of sp³-hybridized carbons (Fsp3) is 0. The maximum Gasteiger partial charge on any atom is 0.137 e. The molecular formula is C9H5N2. The third-order valence-corrected chi connectivity index (χ3v) is 1.54. The Morgan fingerprint density at radius 3 is 3.27 bits per heavy atom. The van der Waals surface area contributed by atoms with Gasteiger partial charge in [0.05, 0.1) is 0 Å². The summed E-state index contributed by atoms with van der Waals surface area (Å²) < 4.78 is 0. The van der Waals surface area contributed by atoms with Crippen molar-refractivity contribution in [2.75, 3.05) is 0 Å². The topological polar surface area (TPSA) is 28.7 Å². The SMILES string of the molecule is [C]#Cc1cnc2[nH]ccc2c1. The van der Waals surface area contributed by atoms with E-state index >= 15 is 0 Å². The van der Waals surface area contributed by atoms with Crippen LogP contribution in [0.15, 0.2) is 24.5 Å². The van der Waals surface area contributed by atoms with E-state index in [9.17, 15) is 0 Å². The highest BCUT2D eigenvalue weighted by Gasteiger charge is 1.94. The third kappa shape index (κ3) is 0.870. The minimum atomic E-state index is 0.706. The van der Waals surface area contributed by atoms with Gasteiger partial charge in [-0.3, -0.25) is 0 Å². The molecule has 0 fully saturated rings. The van der Waals surface area contributed by atoms with Gasteiger partial charge in [0.1, 0.15) is 5.65 Å². The summed E-state index contributed by atoms with van der Waals surface area (Å²) in [5, 5.41) is 1.02. The molecule has 2 rings (SSSR count). The number of nitrogens with one attached hydrogen (secondary N) is 1. The first-order valence-electron chi connectivity index (χ1n) is 3.26. The molecule has 0 saturated carbocycles. The number of aromatic amines is 1. The van der Waals surface area contributed by atoms with Crippen molar-refractivity contribution in [1.82, 2.24) is 9.97 Å². The van der Waals surface area contributed by atoms with Gasteiger partial charge in [-0.25, -0.2) is 4.98 Å². The summed E-state index contributed by atoms with van der Waals surface area (Å²) in [6, 6.07) is 3.79. The van der Waals surface area contributed by atoms with Crippen LogP contribution in [0.4, 0.5) is 0 Å². The van der Waals surface area contributed by atoms with Crippen LogP contribution in [0.5, 0.6) is 0 Å². The lowest BCUT2D eigenvalue weighted by Crippen LogP contribution is -1.78. The van der Waals surface area contributed by atoms with E-state index < -0.39 is 0 Å². The first-order valence-corrected chi connectivity index (χ1v) is 3.26. The van der Waals surface area contributed by atoms with Gasteiger partial charge >= 0.3 is 0 Å². The van der Waals surface area contributed by atoms with Gasteiger partial charge in [-0.2, -0.15) is 0 Å². The van der Waals surface area contributed by atoms with Crippen molar-refractivity contribution < 1.29 is 0 Å². The third-order valence-electron chi connectivity index (χ3n) is 1.54. The molecule has 0 aromatic carbocycles. The van der Waals surface area contributed by atoms with Crippen molar-refractivity contribution in [3.63, 3.8) is 0 Å². The van der Waals surface area contributed by atoms with Crippen molar-refractivity contribution >= 4 is 11.0 Å². The first kappa shape index (κ1) is 5.99. The number of hydrogen-bond donors (Lipinski definition) is 1. The predicted molar refractivity (Wildman–Crippen MR) is 42.3 cm³/mol. The molecule has 51 valence electrons. The number of fused-ring (bicyclic) bond motifs is 1. The smallest absolute Gasteiger partial charge is 0.137 e. The van der Waals surface area contributed by atoms with Gasteiger partial charge in [0.2, 0.25) is 0 Å². The fourth-order valence-electron chi connectivity index (χ4n) is 1.01. The normalized spacial score (nSPS) is 9.73. The summed E-state index contributed by atoms with van der Waals surface area (Å²) in [4.78, 5) is 7.04. The molecule has 11 heavy (non-hydrogen) atoms. The van der Waals surface area contributed by atoms with E-state index in [2.05, 4.69) is 15.9 Å². The van der Waals surface area contributed by atoms with Gasteiger partial charge in [0.15, 0.2) is 0 Å². The zero-order chi connectivity index (χ0) is 7.68. The Labute approximate surface area is 64.3 Å². The summed E-state index contributed by atoms with van der Waals surface area (Å²) in [5.41, 5.74) is 1.56. The lowest BCUT2D eigenvalue weighted by Gasteiger charge is -1.88. The van der Waals surface area contributed by atoms with Gasteiger partial charge < -0.3 is 4.98 Å². The molecule has 1 N–H and O–H groups in total. The van der Waals surface area contributed by atoms with Crippen molar-refractivity contribution in [3.05, 3.63) is 36.5 Å². The predicted octanol–water partition coefficient (Wildman–Crippen LogP) is 1.50. The van der Waals surface area contributed by atoms with E-state index in [-0.39, 0.29) is 0 Å². The molecule has 1 radical (unpaired) electrons. The highest BCUT2D eigenvalue weighted by molar-refractivity contribution is 5.76. The van der Waals surface area contributed by atoms with Crippen LogP contribution in [0.25, 0.3) is 11.0 Å². The standard InChI is InChI=1S/C9H5N2/c1-2-7-5-8-3-4-10-9(8)11-6-7/h3-6H,(H,10,11). The van der Waals surface area contributed by atoms with Crippen LogP contribution in [0.3, 0.4) is 0 Å². The molecule has 0 amide bonds. The highest BCUT2D eigenvalue weighted by atomic mass is 14.8. The van der Waals surface area contributed by atoms with Crippen LogP contribution in [0.2, 0.25) is 0 Å². The quantitative estimate of drug-likeness (QED) is 0.553. The maximum absolute atomic E-state index is 6.87. The Morgan fingerprint density at radius 2 is 2.45 bits per heavy atom. The van der Waals surface area contributed by atoms with Crippen molar-refractivity contribution in [2.24, 2.45) is 0 Å². The number of H-pyrrole nitrogens is 1. The first-order chi connectivity index (χ1) is 5.40. The summed E-state index contributed by atoms with van der Waals surface area (Å²) >= 11 is 0. The zero-order valence-electron chi connectivity index (χ0n) is 5.76. The highest BCUT2D eigenvalue weighted by Crippen LogP contribution is 2.09. The average Bonchev–Trinajstić information content (AvgIpc) is 2.50. The van der Waals surface area contributed by atoms with Crippen molar-refractivity contribution in [2.45, 2.75) is 0 Å². The van der Waals surface area contributed by atoms with Gasteiger partial charge in [0.25, 0.3) is 0 Å². The number of hydrogen-bond acceptors (Lipinski definition) is 1. The minimum Gasteiger partial charge on any atom is -0.346 e. The second-order valence-electron chi connectivity index (χ2n) is 2.26. The van der Waals surface area contributed by atoms with Crippen molar-refractivity contribution in [1.29, 1.82) is 0 Å². The van der Waals surface area contributed by atoms with E-state index in [0.717, 1.165) is 11.0 Å². The fourth-order valence-corrected chi connectivity index (χ4v) is 1.01. The number of pyridine rings is 1. The largest absolute Gasteiger partial charge is 0.346 e. The Hall–Kier alpha value is -1.75. The Kier molecular flexibility index (Phi) is 1.16. The molecule has 0 spiro atoms. The molecule has 2 aromatic heterocycles. The van der Waals surface area contributed by atoms with E-state index in [1.165, 1.54) is 0 Å². The van der Waals surface area contributed by atoms with E-state index in [4.69, 9.17) is 6.42 Å². The van der Waals surface area contributed by atoms with Crippen LogP contribution in [0, 0.1) is 12.3 Å². The molecule has 0 saturated heterocycles.